The van der Waals surface area contributed by atoms with Gasteiger partial charge in [0.25, 0.3) is 0 Å². The number of anilines is 2. The Morgan fingerprint density at radius 1 is 1.33 bits per heavy atom. The third-order valence-electron chi connectivity index (χ3n) is 4.42. The molecule has 2 atom stereocenters. The fourth-order valence-electron chi connectivity index (χ4n) is 3.15. The van der Waals surface area contributed by atoms with Gasteiger partial charge in [0.15, 0.2) is 0 Å². The number of rotatable bonds is 3. The maximum Gasteiger partial charge on any atom is 0.340 e. The molecule has 0 aliphatic carbocycles. The van der Waals surface area contributed by atoms with Crippen LogP contribution in [0.3, 0.4) is 0 Å². The van der Waals surface area contributed by atoms with Gasteiger partial charge in [0.1, 0.15) is 5.60 Å². The normalized spacial score (nSPS) is 21.9. The lowest BCUT2D eigenvalue weighted by molar-refractivity contribution is 0.00708. The summed E-state index contributed by atoms with van der Waals surface area (Å²) in [5, 5.41) is 0. The molecule has 0 bridgehead atoms. The molecule has 1 aliphatic heterocycles. The van der Waals surface area contributed by atoms with Gasteiger partial charge in [-0.2, -0.15) is 0 Å². The van der Waals surface area contributed by atoms with Crippen molar-refractivity contribution in [1.82, 2.24) is 4.90 Å². The van der Waals surface area contributed by atoms with Crippen LogP contribution in [-0.2, 0) is 4.74 Å². The predicted molar refractivity (Wildman–Crippen MR) is 99.2 cm³/mol. The number of carbonyl (C=O) groups excluding carboxylic acids is 1. The Bertz CT molecular complexity index is 593. The highest BCUT2D eigenvalue weighted by Gasteiger charge is 2.29. The van der Waals surface area contributed by atoms with Crippen LogP contribution >= 0.6 is 0 Å². The SMILES string of the molecule is CC1CCN(c2ccc(C(=O)OC(C)(C)C)c(N)c2)C(N(C)C)C1. The first-order valence-corrected chi connectivity index (χ1v) is 8.64. The topological polar surface area (TPSA) is 58.8 Å². The molecule has 1 aromatic carbocycles. The molecule has 2 N–H and O–H groups in total. The summed E-state index contributed by atoms with van der Waals surface area (Å²) in [5.74, 6) is 0.343. The fourth-order valence-corrected chi connectivity index (χ4v) is 3.15. The van der Waals surface area contributed by atoms with Crippen molar-refractivity contribution < 1.29 is 9.53 Å². The Morgan fingerprint density at radius 3 is 2.54 bits per heavy atom. The van der Waals surface area contributed by atoms with E-state index >= 15 is 0 Å². The van der Waals surface area contributed by atoms with Crippen LogP contribution in [0.25, 0.3) is 0 Å². The number of benzene rings is 1. The van der Waals surface area contributed by atoms with E-state index in [0.717, 1.165) is 25.1 Å². The van der Waals surface area contributed by atoms with Crippen molar-refractivity contribution in [2.24, 2.45) is 5.92 Å². The first-order chi connectivity index (χ1) is 11.1. The van der Waals surface area contributed by atoms with E-state index in [1.165, 1.54) is 0 Å². The zero-order valence-electron chi connectivity index (χ0n) is 15.8. The van der Waals surface area contributed by atoms with Crippen LogP contribution in [-0.4, -0.2) is 43.3 Å². The zero-order valence-corrected chi connectivity index (χ0v) is 15.8. The highest BCUT2D eigenvalue weighted by atomic mass is 16.6. The molecule has 0 spiro atoms. The van der Waals surface area contributed by atoms with E-state index in [-0.39, 0.29) is 5.97 Å². The third kappa shape index (κ3) is 4.41. The Labute approximate surface area is 145 Å². The number of ether oxygens (including phenoxy) is 1. The quantitative estimate of drug-likeness (QED) is 0.679. The van der Waals surface area contributed by atoms with Crippen LogP contribution in [0.2, 0.25) is 0 Å². The van der Waals surface area contributed by atoms with E-state index < -0.39 is 5.60 Å². The second-order valence-electron chi connectivity index (χ2n) is 8.04. The van der Waals surface area contributed by atoms with Crippen LogP contribution in [0.15, 0.2) is 18.2 Å². The van der Waals surface area contributed by atoms with Crippen molar-refractivity contribution in [2.45, 2.75) is 52.3 Å². The number of esters is 1. The predicted octanol–water partition coefficient (Wildman–Crippen LogP) is 3.35. The van der Waals surface area contributed by atoms with Crippen LogP contribution in [0.1, 0.15) is 50.9 Å². The van der Waals surface area contributed by atoms with Gasteiger partial charge in [0.05, 0.1) is 11.7 Å². The number of nitrogen functional groups attached to an aromatic ring is 1. The Balaban J connectivity index is 2.24. The standard InChI is InChI=1S/C19H31N3O2/c1-13-9-10-22(17(11-13)21(5)6)14-7-8-15(16(20)12-14)18(23)24-19(2,3)4/h7-8,12-13,17H,9-11,20H2,1-6H3. The first kappa shape index (κ1) is 18.6. The number of nitrogens with zero attached hydrogens (tertiary/aromatic N) is 2. The van der Waals surface area contributed by atoms with Gasteiger partial charge in [-0.3, -0.25) is 4.90 Å². The van der Waals surface area contributed by atoms with Crippen LogP contribution < -0.4 is 10.6 Å². The van der Waals surface area contributed by atoms with Gasteiger partial charge >= 0.3 is 5.97 Å². The summed E-state index contributed by atoms with van der Waals surface area (Å²) in [5.41, 5.74) is 7.59. The molecular weight excluding hydrogens is 302 g/mol. The molecule has 0 radical (unpaired) electrons. The number of hydrogen-bond acceptors (Lipinski definition) is 5. The molecule has 1 aromatic rings. The summed E-state index contributed by atoms with van der Waals surface area (Å²) in [6.45, 7) is 8.85. The van der Waals surface area contributed by atoms with E-state index in [2.05, 4.69) is 30.8 Å². The van der Waals surface area contributed by atoms with Crippen molar-refractivity contribution in [3.05, 3.63) is 23.8 Å². The molecule has 24 heavy (non-hydrogen) atoms. The zero-order chi connectivity index (χ0) is 18.1. The van der Waals surface area contributed by atoms with E-state index in [4.69, 9.17) is 10.5 Å². The van der Waals surface area contributed by atoms with E-state index in [1.807, 2.05) is 32.9 Å². The summed E-state index contributed by atoms with van der Waals surface area (Å²) < 4.78 is 5.42. The van der Waals surface area contributed by atoms with Crippen molar-refractivity contribution in [1.29, 1.82) is 0 Å². The number of nitrogens with two attached hydrogens (primary N) is 1. The lowest BCUT2D eigenvalue weighted by Crippen LogP contribution is -2.50. The Kier molecular flexibility index (Phi) is 5.43. The van der Waals surface area contributed by atoms with Gasteiger partial charge in [-0.1, -0.05) is 6.92 Å². The van der Waals surface area contributed by atoms with Crippen molar-refractivity contribution >= 4 is 17.3 Å². The lowest BCUT2D eigenvalue weighted by atomic mass is 9.95. The van der Waals surface area contributed by atoms with Crippen molar-refractivity contribution in [3.8, 4) is 0 Å². The minimum Gasteiger partial charge on any atom is -0.456 e. The van der Waals surface area contributed by atoms with E-state index in [0.29, 0.717) is 23.3 Å². The van der Waals surface area contributed by atoms with Gasteiger partial charge in [0.2, 0.25) is 0 Å². The molecule has 1 saturated heterocycles. The Hall–Kier alpha value is -1.75. The molecule has 5 heteroatoms. The Morgan fingerprint density at radius 2 is 2.00 bits per heavy atom. The summed E-state index contributed by atoms with van der Waals surface area (Å²) in [6.07, 6.45) is 2.64. The molecule has 5 nitrogen and oxygen atoms in total. The highest BCUT2D eigenvalue weighted by Crippen LogP contribution is 2.31. The molecule has 2 unspecified atom stereocenters. The van der Waals surface area contributed by atoms with Gasteiger partial charge < -0.3 is 15.4 Å². The summed E-state index contributed by atoms with van der Waals surface area (Å²) in [6, 6.07) is 5.65. The number of carbonyl (C=O) groups is 1. The molecule has 134 valence electrons. The molecule has 1 fully saturated rings. The molecule has 1 aliphatic rings. The third-order valence-corrected chi connectivity index (χ3v) is 4.42. The van der Waals surface area contributed by atoms with Gasteiger partial charge in [-0.05, 0) is 71.8 Å². The minimum atomic E-state index is -0.527. The van der Waals surface area contributed by atoms with Gasteiger partial charge in [-0.15, -0.1) is 0 Å². The summed E-state index contributed by atoms with van der Waals surface area (Å²) in [7, 11) is 4.21. The van der Waals surface area contributed by atoms with E-state index in [9.17, 15) is 4.79 Å². The van der Waals surface area contributed by atoms with Crippen molar-refractivity contribution in [2.75, 3.05) is 31.3 Å². The average Bonchev–Trinajstić information content (AvgIpc) is 2.44. The maximum absolute atomic E-state index is 12.3. The molecule has 2 rings (SSSR count). The maximum atomic E-state index is 12.3. The molecular formula is C19H31N3O2. The molecule has 0 amide bonds. The van der Waals surface area contributed by atoms with Crippen molar-refractivity contribution in [3.63, 3.8) is 0 Å². The van der Waals surface area contributed by atoms with Gasteiger partial charge in [-0.25, -0.2) is 4.79 Å². The van der Waals surface area contributed by atoms with Crippen LogP contribution in [0.5, 0.6) is 0 Å². The monoisotopic (exact) mass is 333 g/mol. The smallest absolute Gasteiger partial charge is 0.340 e. The second kappa shape index (κ2) is 7.01. The number of piperidine rings is 1. The van der Waals surface area contributed by atoms with Gasteiger partial charge in [0, 0.05) is 17.9 Å². The summed E-state index contributed by atoms with van der Waals surface area (Å²) in [4.78, 5) is 16.9. The van der Waals surface area contributed by atoms with Crippen LogP contribution in [0.4, 0.5) is 11.4 Å². The second-order valence-corrected chi connectivity index (χ2v) is 8.04. The number of hydrogen-bond donors (Lipinski definition) is 1. The molecule has 0 aromatic heterocycles. The summed E-state index contributed by atoms with van der Waals surface area (Å²) >= 11 is 0. The highest BCUT2D eigenvalue weighted by molar-refractivity contribution is 5.96. The first-order valence-electron chi connectivity index (χ1n) is 8.64. The van der Waals surface area contributed by atoms with E-state index in [1.54, 1.807) is 6.07 Å². The lowest BCUT2D eigenvalue weighted by Gasteiger charge is -2.43. The molecule has 1 heterocycles. The fraction of sp³-hybridized carbons (Fsp3) is 0.632. The van der Waals surface area contributed by atoms with Crippen LogP contribution in [0, 0.1) is 5.92 Å². The average molecular weight is 333 g/mol. The minimum absolute atomic E-state index is 0.348. The largest absolute Gasteiger partial charge is 0.456 e. The molecule has 0 saturated carbocycles.